The van der Waals surface area contributed by atoms with Crippen LogP contribution >= 0.6 is 0 Å². The van der Waals surface area contributed by atoms with Gasteiger partial charge in [-0.1, -0.05) is 18.7 Å². The van der Waals surface area contributed by atoms with Gasteiger partial charge in [0.05, 0.1) is 11.6 Å². The zero-order chi connectivity index (χ0) is 14.6. The molecule has 0 aliphatic rings. The number of carbonyl (C=O) groups excluding carboxylic acids is 1. The number of carbonyl (C=O) groups is 1. The summed E-state index contributed by atoms with van der Waals surface area (Å²) in [5.41, 5.74) is 0.196. The fraction of sp³-hybridized carbons (Fsp3) is 0.214. The third-order valence-corrected chi connectivity index (χ3v) is 2.61. The van der Waals surface area contributed by atoms with Gasteiger partial charge in [0.2, 0.25) is 0 Å². The van der Waals surface area contributed by atoms with E-state index in [1.54, 1.807) is 6.92 Å². The standard InChI is InChI=1S/C14H14F3NO/c1-4-11(8(2)15)14(19)18-9(3)10-5-6-12(16)13(17)7-10/h4-7,9H,1H2,2-3H3,(H,18,19). The van der Waals surface area contributed by atoms with Gasteiger partial charge in [0.25, 0.3) is 5.91 Å². The number of benzene rings is 1. The highest BCUT2D eigenvalue weighted by Gasteiger charge is 2.15. The molecule has 1 aromatic carbocycles. The highest BCUT2D eigenvalue weighted by molar-refractivity contribution is 5.96. The van der Waals surface area contributed by atoms with E-state index >= 15 is 0 Å². The highest BCUT2D eigenvalue weighted by Crippen LogP contribution is 2.17. The van der Waals surface area contributed by atoms with E-state index < -0.39 is 29.4 Å². The average Bonchev–Trinajstić information content (AvgIpc) is 2.32. The quantitative estimate of drug-likeness (QED) is 0.657. The Morgan fingerprint density at radius 3 is 2.47 bits per heavy atom. The number of rotatable bonds is 4. The number of hydrogen-bond donors (Lipinski definition) is 1. The van der Waals surface area contributed by atoms with Crippen LogP contribution in [0.3, 0.4) is 0 Å². The molecule has 1 aromatic rings. The Hall–Kier alpha value is -2.04. The molecule has 0 saturated carbocycles. The second-order valence-corrected chi connectivity index (χ2v) is 4.02. The largest absolute Gasteiger partial charge is 0.345 e. The van der Waals surface area contributed by atoms with Gasteiger partial charge in [-0.25, -0.2) is 13.2 Å². The zero-order valence-corrected chi connectivity index (χ0v) is 10.6. The SMILES string of the molecule is C=CC(C(=O)NC(C)c1ccc(F)c(F)c1)=C(C)F. The normalized spacial score (nSPS) is 13.5. The third-order valence-electron chi connectivity index (χ3n) is 2.61. The zero-order valence-electron chi connectivity index (χ0n) is 10.6. The molecule has 0 aliphatic carbocycles. The van der Waals surface area contributed by atoms with Crippen molar-refractivity contribution < 1.29 is 18.0 Å². The van der Waals surface area contributed by atoms with E-state index in [0.29, 0.717) is 5.56 Å². The molecule has 0 heterocycles. The summed E-state index contributed by atoms with van der Waals surface area (Å²) in [7, 11) is 0. The molecule has 1 unspecified atom stereocenters. The van der Waals surface area contributed by atoms with Crippen molar-refractivity contribution in [1.29, 1.82) is 0 Å². The van der Waals surface area contributed by atoms with Gasteiger partial charge >= 0.3 is 0 Å². The van der Waals surface area contributed by atoms with Crippen molar-refractivity contribution in [3.63, 3.8) is 0 Å². The lowest BCUT2D eigenvalue weighted by molar-refractivity contribution is -0.117. The minimum Gasteiger partial charge on any atom is -0.345 e. The lowest BCUT2D eigenvalue weighted by Gasteiger charge is -2.15. The lowest BCUT2D eigenvalue weighted by Crippen LogP contribution is -2.28. The predicted octanol–water partition coefficient (Wildman–Crippen LogP) is 3.57. The maximum atomic E-state index is 13.1. The summed E-state index contributed by atoms with van der Waals surface area (Å²) in [6.07, 6.45) is 1.10. The highest BCUT2D eigenvalue weighted by atomic mass is 19.2. The van der Waals surface area contributed by atoms with Crippen molar-refractivity contribution in [1.82, 2.24) is 5.32 Å². The first kappa shape index (κ1) is 15.0. The smallest absolute Gasteiger partial charge is 0.254 e. The molecule has 0 saturated heterocycles. The van der Waals surface area contributed by atoms with Gasteiger partial charge in [-0.15, -0.1) is 0 Å². The van der Waals surface area contributed by atoms with Crippen LogP contribution < -0.4 is 5.32 Å². The molecule has 0 fully saturated rings. The van der Waals surface area contributed by atoms with Crippen LogP contribution in [0.2, 0.25) is 0 Å². The van der Waals surface area contributed by atoms with Crippen LogP contribution in [0.15, 0.2) is 42.3 Å². The fourth-order valence-corrected chi connectivity index (χ4v) is 1.53. The molecular formula is C14H14F3NO. The van der Waals surface area contributed by atoms with E-state index in [-0.39, 0.29) is 5.57 Å². The number of halogens is 3. The molecule has 5 heteroatoms. The second kappa shape index (κ2) is 6.22. The maximum Gasteiger partial charge on any atom is 0.254 e. The van der Waals surface area contributed by atoms with Crippen LogP contribution in [0.5, 0.6) is 0 Å². The summed E-state index contributed by atoms with van der Waals surface area (Å²) in [5.74, 6) is -3.29. The first-order chi connectivity index (χ1) is 8.86. The van der Waals surface area contributed by atoms with Crippen molar-refractivity contribution in [2.24, 2.45) is 0 Å². The van der Waals surface area contributed by atoms with E-state index in [9.17, 15) is 18.0 Å². The number of amides is 1. The monoisotopic (exact) mass is 269 g/mol. The molecule has 0 aliphatic heterocycles. The number of nitrogens with one attached hydrogen (secondary N) is 1. The van der Waals surface area contributed by atoms with Gasteiger partial charge in [0.1, 0.15) is 5.83 Å². The van der Waals surface area contributed by atoms with E-state index in [2.05, 4.69) is 11.9 Å². The molecule has 1 rings (SSSR count). The topological polar surface area (TPSA) is 29.1 Å². The van der Waals surface area contributed by atoms with Gasteiger partial charge in [-0.2, -0.15) is 0 Å². The van der Waals surface area contributed by atoms with E-state index in [4.69, 9.17) is 0 Å². The molecule has 1 atom stereocenters. The fourth-order valence-electron chi connectivity index (χ4n) is 1.53. The van der Waals surface area contributed by atoms with Crippen LogP contribution in [0.1, 0.15) is 25.5 Å². The molecule has 1 N–H and O–H groups in total. The van der Waals surface area contributed by atoms with E-state index in [1.807, 2.05) is 0 Å². The Kier molecular flexibility index (Phi) is 4.92. The Balaban J connectivity index is 2.88. The van der Waals surface area contributed by atoms with Crippen molar-refractivity contribution in [3.05, 3.63) is 59.5 Å². The average molecular weight is 269 g/mol. The van der Waals surface area contributed by atoms with E-state index in [0.717, 1.165) is 25.1 Å². The first-order valence-electron chi connectivity index (χ1n) is 5.61. The first-order valence-corrected chi connectivity index (χ1v) is 5.61. The molecule has 0 spiro atoms. The second-order valence-electron chi connectivity index (χ2n) is 4.02. The molecule has 0 radical (unpaired) electrons. The van der Waals surface area contributed by atoms with Crippen molar-refractivity contribution in [3.8, 4) is 0 Å². The Bertz CT molecular complexity index is 533. The Labute approximate surface area is 109 Å². The summed E-state index contributed by atoms with van der Waals surface area (Å²) in [4.78, 5) is 11.7. The van der Waals surface area contributed by atoms with Gasteiger partial charge in [-0.3, -0.25) is 4.79 Å². The van der Waals surface area contributed by atoms with Crippen molar-refractivity contribution in [2.75, 3.05) is 0 Å². The lowest BCUT2D eigenvalue weighted by atomic mass is 10.1. The summed E-state index contributed by atoms with van der Waals surface area (Å²) in [5, 5.41) is 2.48. The predicted molar refractivity (Wildman–Crippen MR) is 66.9 cm³/mol. The molecule has 19 heavy (non-hydrogen) atoms. The summed E-state index contributed by atoms with van der Waals surface area (Å²) in [6, 6.07) is 2.72. The number of allylic oxidation sites excluding steroid dienone is 1. The van der Waals surface area contributed by atoms with Crippen LogP contribution in [0, 0.1) is 11.6 Å². The maximum absolute atomic E-state index is 13.1. The Morgan fingerprint density at radius 2 is 2.00 bits per heavy atom. The minimum absolute atomic E-state index is 0.186. The van der Waals surface area contributed by atoms with Crippen LogP contribution in [0.25, 0.3) is 0 Å². The molecule has 102 valence electrons. The Morgan fingerprint density at radius 1 is 1.37 bits per heavy atom. The summed E-state index contributed by atoms with van der Waals surface area (Å²) in [6.45, 7) is 6.06. The molecule has 0 aromatic heterocycles. The summed E-state index contributed by atoms with van der Waals surface area (Å²) < 4.78 is 38.9. The molecule has 1 amide bonds. The molecule has 2 nitrogen and oxygen atoms in total. The molecular weight excluding hydrogens is 255 g/mol. The van der Waals surface area contributed by atoms with Gasteiger partial charge < -0.3 is 5.32 Å². The summed E-state index contributed by atoms with van der Waals surface area (Å²) >= 11 is 0. The van der Waals surface area contributed by atoms with Crippen molar-refractivity contribution >= 4 is 5.91 Å². The van der Waals surface area contributed by atoms with Crippen molar-refractivity contribution in [2.45, 2.75) is 19.9 Å². The van der Waals surface area contributed by atoms with Crippen LogP contribution in [-0.2, 0) is 4.79 Å². The third kappa shape index (κ3) is 3.71. The number of hydrogen-bond acceptors (Lipinski definition) is 1. The van der Waals surface area contributed by atoms with E-state index in [1.165, 1.54) is 6.07 Å². The molecule has 0 bridgehead atoms. The van der Waals surface area contributed by atoms with Crippen LogP contribution in [-0.4, -0.2) is 5.91 Å². The van der Waals surface area contributed by atoms with Crippen LogP contribution in [0.4, 0.5) is 13.2 Å². The minimum atomic E-state index is -1.00. The van der Waals surface area contributed by atoms with Gasteiger partial charge in [0.15, 0.2) is 11.6 Å². The van der Waals surface area contributed by atoms with Gasteiger partial charge in [-0.05, 0) is 31.5 Å². The van der Waals surface area contributed by atoms with Gasteiger partial charge in [0, 0.05) is 0 Å².